The number of alkyl halides is 1. The summed E-state index contributed by atoms with van der Waals surface area (Å²) in [5, 5.41) is 18.3. The molecule has 0 aliphatic carbocycles. The standard InChI is InChI=1S/C4H8BrNO4/c1-4(5,6(8)9)2-10-3-7/h7H,2-3H2,1H3. The quantitative estimate of drug-likeness (QED) is 0.241. The maximum atomic E-state index is 10.1. The maximum Gasteiger partial charge on any atom is 0.294 e. The van der Waals surface area contributed by atoms with Crippen LogP contribution in [0.3, 0.4) is 0 Å². The van der Waals surface area contributed by atoms with Crippen molar-refractivity contribution in [2.24, 2.45) is 0 Å². The number of halogens is 1. The number of aliphatic hydroxyl groups excluding tert-OH is 1. The Bertz CT molecular complexity index is 126. The fourth-order valence-electron chi connectivity index (χ4n) is 0.285. The van der Waals surface area contributed by atoms with Crippen LogP contribution in [0.5, 0.6) is 0 Å². The average Bonchev–Trinajstić information content (AvgIpc) is 1.84. The van der Waals surface area contributed by atoms with Crippen molar-refractivity contribution < 1.29 is 14.8 Å². The van der Waals surface area contributed by atoms with Crippen molar-refractivity contribution in [3.63, 3.8) is 0 Å². The van der Waals surface area contributed by atoms with E-state index in [4.69, 9.17) is 5.11 Å². The summed E-state index contributed by atoms with van der Waals surface area (Å²) in [4.78, 5) is 9.60. The second-order valence-corrected chi connectivity index (χ2v) is 3.59. The van der Waals surface area contributed by atoms with E-state index in [1.165, 1.54) is 6.92 Å². The largest absolute Gasteiger partial charge is 0.371 e. The summed E-state index contributed by atoms with van der Waals surface area (Å²) in [7, 11) is 0. The lowest BCUT2D eigenvalue weighted by Crippen LogP contribution is -2.32. The van der Waals surface area contributed by atoms with Crippen LogP contribution >= 0.6 is 15.9 Å². The van der Waals surface area contributed by atoms with Gasteiger partial charge in [-0.3, -0.25) is 10.1 Å². The Morgan fingerprint density at radius 3 is 2.70 bits per heavy atom. The highest BCUT2D eigenvalue weighted by Crippen LogP contribution is 2.17. The number of hydrogen-bond acceptors (Lipinski definition) is 4. The molecule has 0 amide bonds. The van der Waals surface area contributed by atoms with Crippen LogP contribution in [-0.2, 0) is 4.74 Å². The van der Waals surface area contributed by atoms with Crippen LogP contribution in [0, 0.1) is 10.1 Å². The lowest BCUT2D eigenvalue weighted by molar-refractivity contribution is -0.535. The number of rotatable bonds is 4. The topological polar surface area (TPSA) is 72.6 Å². The molecule has 0 aliphatic rings. The van der Waals surface area contributed by atoms with Crippen molar-refractivity contribution in [2.45, 2.75) is 11.4 Å². The van der Waals surface area contributed by atoms with Gasteiger partial charge in [-0.05, 0) is 0 Å². The zero-order valence-corrected chi connectivity index (χ0v) is 7.00. The van der Waals surface area contributed by atoms with Gasteiger partial charge in [-0.15, -0.1) is 0 Å². The zero-order valence-electron chi connectivity index (χ0n) is 5.41. The molecule has 0 spiro atoms. The highest BCUT2D eigenvalue weighted by molar-refractivity contribution is 9.10. The van der Waals surface area contributed by atoms with Gasteiger partial charge in [0.05, 0.1) is 0 Å². The van der Waals surface area contributed by atoms with Crippen molar-refractivity contribution >= 4 is 15.9 Å². The lowest BCUT2D eigenvalue weighted by Gasteiger charge is -2.11. The van der Waals surface area contributed by atoms with E-state index in [9.17, 15) is 10.1 Å². The molecule has 0 fully saturated rings. The molecular weight excluding hydrogens is 206 g/mol. The second-order valence-electron chi connectivity index (χ2n) is 1.88. The van der Waals surface area contributed by atoms with E-state index in [1.807, 2.05) is 0 Å². The van der Waals surface area contributed by atoms with E-state index in [0.29, 0.717) is 0 Å². The van der Waals surface area contributed by atoms with Gasteiger partial charge >= 0.3 is 0 Å². The second kappa shape index (κ2) is 3.85. The minimum atomic E-state index is -1.30. The Kier molecular flexibility index (Phi) is 3.77. The minimum Gasteiger partial charge on any atom is -0.371 e. The molecule has 0 radical (unpaired) electrons. The summed E-state index contributed by atoms with van der Waals surface area (Å²) in [5.74, 6) is 0. The fourth-order valence-corrected chi connectivity index (χ4v) is 0.446. The Labute approximate surface area is 66.3 Å². The molecule has 60 valence electrons. The van der Waals surface area contributed by atoms with E-state index < -0.39 is 16.2 Å². The summed E-state index contributed by atoms with van der Waals surface area (Å²) in [6.45, 7) is 0.689. The molecular formula is C4H8BrNO4. The van der Waals surface area contributed by atoms with Crippen LogP contribution in [-0.4, -0.2) is 27.9 Å². The van der Waals surface area contributed by atoms with Crippen LogP contribution in [0.2, 0.25) is 0 Å². The number of aliphatic hydroxyl groups is 1. The number of hydrogen-bond donors (Lipinski definition) is 1. The summed E-state index contributed by atoms with van der Waals surface area (Å²) in [6.07, 6.45) is 0. The van der Waals surface area contributed by atoms with Gasteiger partial charge in [0.15, 0.2) is 0 Å². The predicted octanol–water partition coefficient (Wildman–Crippen LogP) is 0.341. The molecule has 0 saturated carbocycles. The first-order valence-corrected chi connectivity index (χ1v) is 3.32. The van der Waals surface area contributed by atoms with E-state index in [1.54, 1.807) is 0 Å². The first-order valence-electron chi connectivity index (χ1n) is 2.52. The van der Waals surface area contributed by atoms with Gasteiger partial charge in [0.25, 0.3) is 4.45 Å². The molecule has 6 heteroatoms. The van der Waals surface area contributed by atoms with E-state index >= 15 is 0 Å². The smallest absolute Gasteiger partial charge is 0.294 e. The van der Waals surface area contributed by atoms with Gasteiger partial charge in [-0.2, -0.15) is 0 Å². The van der Waals surface area contributed by atoms with E-state index in [2.05, 4.69) is 20.7 Å². The molecule has 0 aromatic rings. The first kappa shape index (κ1) is 9.80. The molecule has 0 aromatic heterocycles. The lowest BCUT2D eigenvalue weighted by atomic mass is 10.4. The SMILES string of the molecule is CC(Br)(COCO)[N+](=O)[O-]. The third-order valence-corrected chi connectivity index (χ3v) is 1.36. The van der Waals surface area contributed by atoms with Crippen LogP contribution < -0.4 is 0 Å². The van der Waals surface area contributed by atoms with Gasteiger partial charge < -0.3 is 9.84 Å². The van der Waals surface area contributed by atoms with Crippen LogP contribution in [0.25, 0.3) is 0 Å². The predicted molar refractivity (Wildman–Crippen MR) is 37.4 cm³/mol. The number of ether oxygens (including phenoxy) is 1. The Hall–Kier alpha value is -0.200. The molecule has 1 unspecified atom stereocenters. The summed E-state index contributed by atoms with van der Waals surface area (Å²) in [5.41, 5.74) is 0. The van der Waals surface area contributed by atoms with Gasteiger partial charge in [0, 0.05) is 27.8 Å². The van der Waals surface area contributed by atoms with Gasteiger partial charge in [0.1, 0.15) is 13.4 Å². The van der Waals surface area contributed by atoms with Crippen LogP contribution in [0.4, 0.5) is 0 Å². The van der Waals surface area contributed by atoms with Crippen molar-refractivity contribution in [3.05, 3.63) is 10.1 Å². The average molecular weight is 214 g/mol. The highest BCUT2D eigenvalue weighted by atomic mass is 79.9. The van der Waals surface area contributed by atoms with Crippen molar-refractivity contribution in [1.29, 1.82) is 0 Å². The van der Waals surface area contributed by atoms with Crippen LogP contribution in [0.1, 0.15) is 6.92 Å². The molecule has 0 bridgehead atoms. The Morgan fingerprint density at radius 1 is 1.90 bits per heavy atom. The molecule has 0 saturated heterocycles. The molecule has 5 nitrogen and oxygen atoms in total. The first-order chi connectivity index (χ1) is 4.50. The highest BCUT2D eigenvalue weighted by Gasteiger charge is 2.33. The molecule has 1 atom stereocenters. The normalized spacial score (nSPS) is 16.3. The van der Waals surface area contributed by atoms with E-state index in [-0.39, 0.29) is 6.61 Å². The molecule has 0 heterocycles. The number of nitrogens with zero attached hydrogens (tertiary/aromatic N) is 1. The molecule has 10 heavy (non-hydrogen) atoms. The fraction of sp³-hybridized carbons (Fsp3) is 1.00. The summed E-state index contributed by atoms with van der Waals surface area (Å²) < 4.78 is 3.13. The molecule has 0 rings (SSSR count). The van der Waals surface area contributed by atoms with E-state index in [0.717, 1.165) is 0 Å². The number of nitro groups is 1. The Balaban J connectivity index is 3.75. The molecule has 0 aromatic carbocycles. The monoisotopic (exact) mass is 213 g/mol. The summed E-state index contributed by atoms with van der Waals surface area (Å²) in [6, 6.07) is 0. The van der Waals surface area contributed by atoms with Gasteiger partial charge in [-0.1, -0.05) is 0 Å². The third-order valence-electron chi connectivity index (χ3n) is 0.837. The Morgan fingerprint density at radius 2 is 2.40 bits per heavy atom. The molecule has 0 aliphatic heterocycles. The van der Waals surface area contributed by atoms with Gasteiger partial charge in [0.2, 0.25) is 0 Å². The van der Waals surface area contributed by atoms with Crippen molar-refractivity contribution in [2.75, 3.05) is 13.4 Å². The third kappa shape index (κ3) is 3.09. The zero-order chi connectivity index (χ0) is 8.20. The van der Waals surface area contributed by atoms with Crippen molar-refractivity contribution in [3.8, 4) is 0 Å². The minimum absolute atomic E-state index is 0.156. The van der Waals surface area contributed by atoms with Crippen molar-refractivity contribution in [1.82, 2.24) is 0 Å². The summed E-state index contributed by atoms with van der Waals surface area (Å²) >= 11 is 2.81. The molecule has 1 N–H and O–H groups in total. The maximum absolute atomic E-state index is 10.1. The van der Waals surface area contributed by atoms with Gasteiger partial charge in [-0.25, -0.2) is 0 Å². The van der Waals surface area contributed by atoms with Crippen LogP contribution in [0.15, 0.2) is 0 Å².